The van der Waals surface area contributed by atoms with Gasteiger partial charge in [0.25, 0.3) is 0 Å². The van der Waals surface area contributed by atoms with E-state index < -0.39 is 17.9 Å². The maximum atomic E-state index is 15.2. The van der Waals surface area contributed by atoms with Crippen molar-refractivity contribution in [1.82, 2.24) is 9.55 Å². The summed E-state index contributed by atoms with van der Waals surface area (Å²) in [5.74, 6) is -1.49. The predicted octanol–water partition coefficient (Wildman–Crippen LogP) is 4.55. The maximum Gasteiger partial charge on any atom is 0.511 e. The van der Waals surface area contributed by atoms with Crippen LogP contribution in [0.4, 0.5) is 20.6 Å². The normalized spacial score (nSPS) is 10.8. The van der Waals surface area contributed by atoms with E-state index >= 15 is 4.39 Å². The van der Waals surface area contributed by atoms with E-state index in [4.69, 9.17) is 9.84 Å². The lowest BCUT2D eigenvalue weighted by Gasteiger charge is -2.15. The molecule has 26 heavy (non-hydrogen) atoms. The summed E-state index contributed by atoms with van der Waals surface area (Å²) in [5.41, 5.74) is 1.28. The molecule has 0 radical (unpaired) electrons. The number of fused-ring (bicyclic) bond motifs is 1. The van der Waals surface area contributed by atoms with E-state index in [1.807, 2.05) is 19.1 Å². The molecule has 3 aromatic rings. The van der Waals surface area contributed by atoms with Crippen LogP contribution in [0.1, 0.15) is 17.3 Å². The van der Waals surface area contributed by atoms with Crippen LogP contribution >= 0.6 is 22.6 Å². The highest BCUT2D eigenvalue weighted by Gasteiger charge is 2.22. The molecule has 0 saturated carbocycles. The van der Waals surface area contributed by atoms with E-state index in [0.29, 0.717) is 5.69 Å². The first-order valence-corrected chi connectivity index (χ1v) is 8.50. The number of halogens is 2. The van der Waals surface area contributed by atoms with Crippen molar-refractivity contribution in [2.45, 2.75) is 13.8 Å². The van der Waals surface area contributed by atoms with E-state index in [1.54, 1.807) is 6.07 Å². The van der Waals surface area contributed by atoms with Crippen LogP contribution in [0.5, 0.6) is 5.75 Å². The van der Waals surface area contributed by atoms with Crippen LogP contribution in [0.15, 0.2) is 30.6 Å². The Labute approximate surface area is 160 Å². The van der Waals surface area contributed by atoms with E-state index in [2.05, 4.69) is 32.9 Å². The van der Waals surface area contributed by atoms with Crippen molar-refractivity contribution in [3.63, 3.8) is 0 Å². The number of aromatic nitrogens is 2. The number of nitrogens with zero attached hydrogens (tertiary/aromatic N) is 2. The summed E-state index contributed by atoms with van der Waals surface area (Å²) in [4.78, 5) is 26.6. The average molecular weight is 469 g/mol. The SMILES string of the molecule is CC(=O)n1cnc2cc(OC(=O)O)c(Nc3ccc(I)cc3C)c(F)c21. The topological polar surface area (TPSA) is 93.5 Å². The van der Waals surface area contributed by atoms with Gasteiger partial charge in [-0.3, -0.25) is 9.36 Å². The maximum absolute atomic E-state index is 15.2. The fourth-order valence-electron chi connectivity index (χ4n) is 2.54. The van der Waals surface area contributed by atoms with Gasteiger partial charge in [0.1, 0.15) is 17.5 Å². The number of aryl methyl sites for hydroxylation is 1. The molecule has 0 aliphatic heterocycles. The van der Waals surface area contributed by atoms with Gasteiger partial charge in [-0.25, -0.2) is 14.2 Å². The molecule has 2 N–H and O–H groups in total. The summed E-state index contributed by atoms with van der Waals surface area (Å²) in [6.45, 7) is 3.11. The van der Waals surface area contributed by atoms with Crippen molar-refractivity contribution in [3.05, 3.63) is 45.5 Å². The van der Waals surface area contributed by atoms with E-state index in [-0.39, 0.29) is 22.5 Å². The fraction of sp³-hybridized carbons (Fsp3) is 0.118. The van der Waals surface area contributed by atoms with Crippen LogP contribution in [0.25, 0.3) is 11.0 Å². The molecule has 134 valence electrons. The number of ether oxygens (including phenoxy) is 1. The Morgan fingerprint density at radius 1 is 1.35 bits per heavy atom. The molecular weight excluding hydrogens is 456 g/mol. The number of hydrogen-bond donors (Lipinski definition) is 2. The number of nitrogens with one attached hydrogen (secondary N) is 1. The number of benzene rings is 2. The third-order valence-electron chi connectivity index (χ3n) is 3.72. The van der Waals surface area contributed by atoms with Gasteiger partial charge in [-0.1, -0.05) is 0 Å². The second-order valence-corrected chi connectivity index (χ2v) is 6.76. The van der Waals surface area contributed by atoms with Crippen molar-refractivity contribution in [2.24, 2.45) is 0 Å². The van der Waals surface area contributed by atoms with Crippen molar-refractivity contribution in [3.8, 4) is 5.75 Å². The third kappa shape index (κ3) is 3.34. The Hall–Kier alpha value is -2.69. The molecular formula is C17H13FIN3O4. The quantitative estimate of drug-likeness (QED) is 0.332. The van der Waals surface area contributed by atoms with Crippen LogP contribution in [-0.4, -0.2) is 26.7 Å². The van der Waals surface area contributed by atoms with Crippen LogP contribution < -0.4 is 10.1 Å². The Morgan fingerprint density at radius 2 is 2.08 bits per heavy atom. The largest absolute Gasteiger partial charge is 0.511 e. The van der Waals surface area contributed by atoms with E-state index in [9.17, 15) is 9.59 Å². The van der Waals surface area contributed by atoms with E-state index in [0.717, 1.165) is 13.7 Å². The number of imidazole rings is 1. The number of carbonyl (C=O) groups excluding carboxylic acids is 1. The fourth-order valence-corrected chi connectivity index (χ4v) is 3.19. The van der Waals surface area contributed by atoms with Gasteiger partial charge in [-0.05, 0) is 53.3 Å². The highest BCUT2D eigenvalue weighted by molar-refractivity contribution is 14.1. The molecule has 9 heteroatoms. The Kier molecular flexibility index (Phi) is 4.81. The zero-order chi connectivity index (χ0) is 19.0. The van der Waals surface area contributed by atoms with Crippen molar-refractivity contribution < 1.29 is 23.8 Å². The molecule has 2 aromatic carbocycles. The minimum Gasteiger partial charge on any atom is -0.449 e. The Morgan fingerprint density at radius 3 is 2.69 bits per heavy atom. The first-order chi connectivity index (χ1) is 12.3. The summed E-state index contributed by atoms with van der Waals surface area (Å²) < 4.78 is 22.0. The molecule has 7 nitrogen and oxygen atoms in total. The smallest absolute Gasteiger partial charge is 0.449 e. The van der Waals surface area contributed by atoms with Gasteiger partial charge >= 0.3 is 6.16 Å². The number of rotatable bonds is 3. The van der Waals surface area contributed by atoms with Crippen LogP contribution in [0.3, 0.4) is 0 Å². The molecule has 0 amide bonds. The van der Waals surface area contributed by atoms with Gasteiger partial charge < -0.3 is 15.2 Å². The molecule has 1 heterocycles. The average Bonchev–Trinajstić information content (AvgIpc) is 2.96. The molecule has 0 aliphatic rings. The summed E-state index contributed by atoms with van der Waals surface area (Å²) in [7, 11) is 0. The predicted molar refractivity (Wildman–Crippen MR) is 102 cm³/mol. The molecule has 0 unspecified atom stereocenters. The number of carbonyl (C=O) groups is 2. The first-order valence-electron chi connectivity index (χ1n) is 7.42. The molecule has 0 spiro atoms. The lowest BCUT2D eigenvalue weighted by atomic mass is 10.1. The zero-order valence-corrected chi connectivity index (χ0v) is 15.9. The van der Waals surface area contributed by atoms with Gasteiger partial charge in [-0.2, -0.15) is 0 Å². The number of carboxylic acid groups (broad SMARTS) is 1. The van der Waals surface area contributed by atoms with Crippen LogP contribution in [-0.2, 0) is 0 Å². The second kappa shape index (κ2) is 6.90. The molecule has 0 fully saturated rings. The molecule has 0 bridgehead atoms. The summed E-state index contributed by atoms with van der Waals surface area (Å²) in [6, 6.07) is 6.73. The number of anilines is 2. The lowest BCUT2D eigenvalue weighted by molar-refractivity contribution is 0.0940. The second-order valence-electron chi connectivity index (χ2n) is 5.52. The standard InChI is InChI=1S/C17H13FIN3O4/c1-8-5-10(19)3-4-11(8)21-15-13(26-17(24)25)6-12-16(14(15)18)22(7-20-12)9(2)23/h3-7,21H,1-2H3,(H,24,25). The molecule has 0 aliphatic carbocycles. The monoisotopic (exact) mass is 469 g/mol. The van der Waals surface area contributed by atoms with Gasteiger partial charge in [0.05, 0.1) is 5.52 Å². The van der Waals surface area contributed by atoms with Crippen molar-refractivity contribution in [1.29, 1.82) is 0 Å². The Bertz CT molecular complexity index is 1050. The van der Waals surface area contributed by atoms with Gasteiger partial charge in [0, 0.05) is 22.2 Å². The van der Waals surface area contributed by atoms with Crippen LogP contribution in [0.2, 0.25) is 0 Å². The minimum absolute atomic E-state index is 0.0547. The first kappa shape index (κ1) is 18.1. The summed E-state index contributed by atoms with van der Waals surface area (Å²) >= 11 is 2.15. The van der Waals surface area contributed by atoms with Crippen LogP contribution in [0, 0.1) is 16.3 Å². The van der Waals surface area contributed by atoms with Gasteiger partial charge in [0.15, 0.2) is 11.6 Å². The van der Waals surface area contributed by atoms with E-state index in [1.165, 1.54) is 19.3 Å². The van der Waals surface area contributed by atoms with Gasteiger partial charge in [0.2, 0.25) is 5.91 Å². The molecule has 0 atom stereocenters. The third-order valence-corrected chi connectivity index (χ3v) is 4.39. The zero-order valence-electron chi connectivity index (χ0n) is 13.7. The molecule has 1 aromatic heterocycles. The highest BCUT2D eigenvalue weighted by Crippen LogP contribution is 2.37. The number of hydrogen-bond acceptors (Lipinski definition) is 5. The lowest BCUT2D eigenvalue weighted by Crippen LogP contribution is -2.09. The summed E-state index contributed by atoms with van der Waals surface area (Å²) in [5, 5.41) is 11.8. The molecule has 0 saturated heterocycles. The van der Waals surface area contributed by atoms with Crippen molar-refractivity contribution >= 4 is 57.1 Å². The van der Waals surface area contributed by atoms with Gasteiger partial charge in [-0.15, -0.1) is 0 Å². The molecule has 3 rings (SSSR count). The Balaban J connectivity index is 2.22. The highest BCUT2D eigenvalue weighted by atomic mass is 127. The minimum atomic E-state index is -1.59. The van der Waals surface area contributed by atoms with Crippen molar-refractivity contribution in [2.75, 3.05) is 5.32 Å². The summed E-state index contributed by atoms with van der Waals surface area (Å²) in [6.07, 6.45) is -0.405.